The van der Waals surface area contributed by atoms with Crippen LogP contribution in [0.25, 0.3) is 11.3 Å². The molecule has 0 aliphatic heterocycles. The highest BCUT2D eigenvalue weighted by Crippen LogP contribution is 2.25. The summed E-state index contributed by atoms with van der Waals surface area (Å²) in [6, 6.07) is 4.95. The fourth-order valence-corrected chi connectivity index (χ4v) is 2.89. The summed E-state index contributed by atoms with van der Waals surface area (Å²) < 4.78 is 28.5. The van der Waals surface area contributed by atoms with Crippen molar-refractivity contribution in [3.05, 3.63) is 58.5 Å². The Kier molecular flexibility index (Phi) is 4.58. The number of aryl methyl sites for hydroxylation is 2. The number of carbonyl (C=O) groups excluding carboxylic acids is 1. The summed E-state index contributed by atoms with van der Waals surface area (Å²) >= 11 is 0. The standard InChI is InChI=1S/C18H19F2N5O/c1-10-17(11(2)25(4)23-10)15-8-16(22-21-15)18(26)24(3)9-12-5-6-13(19)7-14(12)20/h5-8H,9H2,1-4H3,(H,21,22). The number of nitrogens with zero attached hydrogens (tertiary/aromatic N) is 4. The van der Waals surface area contributed by atoms with Crippen molar-refractivity contribution in [3.8, 4) is 11.3 Å². The highest BCUT2D eigenvalue weighted by molar-refractivity contribution is 5.93. The molecule has 3 rings (SSSR count). The van der Waals surface area contributed by atoms with Gasteiger partial charge in [0.05, 0.1) is 11.4 Å². The molecular weight excluding hydrogens is 340 g/mol. The number of H-pyrrole nitrogens is 1. The van der Waals surface area contributed by atoms with Crippen LogP contribution in [0.1, 0.15) is 27.4 Å². The third-order valence-corrected chi connectivity index (χ3v) is 4.34. The first kappa shape index (κ1) is 17.8. The molecule has 0 unspecified atom stereocenters. The lowest BCUT2D eigenvalue weighted by atomic mass is 10.1. The van der Waals surface area contributed by atoms with E-state index in [4.69, 9.17) is 0 Å². The Balaban J connectivity index is 1.81. The van der Waals surface area contributed by atoms with Gasteiger partial charge in [0.15, 0.2) is 0 Å². The number of amides is 1. The summed E-state index contributed by atoms with van der Waals surface area (Å²) in [5, 5.41) is 11.3. The lowest BCUT2D eigenvalue weighted by Crippen LogP contribution is -2.27. The summed E-state index contributed by atoms with van der Waals surface area (Å²) in [5.74, 6) is -1.68. The molecule has 0 saturated heterocycles. The van der Waals surface area contributed by atoms with Gasteiger partial charge in [-0.3, -0.25) is 14.6 Å². The minimum atomic E-state index is -0.684. The van der Waals surface area contributed by atoms with Crippen molar-refractivity contribution < 1.29 is 13.6 Å². The number of hydrogen-bond acceptors (Lipinski definition) is 3. The molecule has 0 aliphatic rings. The van der Waals surface area contributed by atoms with Crippen molar-refractivity contribution in [2.75, 3.05) is 7.05 Å². The Morgan fingerprint density at radius 1 is 1.27 bits per heavy atom. The molecule has 8 heteroatoms. The number of benzene rings is 1. The second-order valence-corrected chi connectivity index (χ2v) is 6.23. The zero-order chi connectivity index (χ0) is 19.0. The summed E-state index contributed by atoms with van der Waals surface area (Å²) in [6.45, 7) is 3.82. The fourth-order valence-electron chi connectivity index (χ4n) is 2.89. The highest BCUT2D eigenvalue weighted by atomic mass is 19.1. The van der Waals surface area contributed by atoms with Gasteiger partial charge < -0.3 is 4.90 Å². The van der Waals surface area contributed by atoms with Gasteiger partial charge in [-0.15, -0.1) is 0 Å². The van der Waals surface area contributed by atoms with Crippen LogP contribution in [0.3, 0.4) is 0 Å². The van der Waals surface area contributed by atoms with Crippen molar-refractivity contribution in [2.45, 2.75) is 20.4 Å². The first-order valence-corrected chi connectivity index (χ1v) is 8.03. The van der Waals surface area contributed by atoms with Gasteiger partial charge in [-0.25, -0.2) is 8.78 Å². The molecule has 2 aromatic heterocycles. The summed E-state index contributed by atoms with van der Waals surface area (Å²) in [6.07, 6.45) is 0. The van der Waals surface area contributed by atoms with E-state index >= 15 is 0 Å². The van der Waals surface area contributed by atoms with E-state index in [2.05, 4.69) is 15.3 Å². The van der Waals surface area contributed by atoms with Crippen LogP contribution < -0.4 is 0 Å². The predicted molar refractivity (Wildman–Crippen MR) is 92.4 cm³/mol. The molecule has 0 bridgehead atoms. The molecule has 1 N–H and O–H groups in total. The van der Waals surface area contributed by atoms with Gasteiger partial charge in [0, 0.05) is 43.5 Å². The van der Waals surface area contributed by atoms with Crippen LogP contribution in [0.2, 0.25) is 0 Å². The number of halogens is 2. The zero-order valence-corrected chi connectivity index (χ0v) is 15.0. The Labute approximate surface area is 149 Å². The molecule has 1 amide bonds. The van der Waals surface area contributed by atoms with Gasteiger partial charge in [-0.2, -0.15) is 10.2 Å². The van der Waals surface area contributed by atoms with E-state index in [-0.39, 0.29) is 23.7 Å². The average Bonchev–Trinajstić information content (AvgIpc) is 3.14. The average molecular weight is 359 g/mol. The van der Waals surface area contributed by atoms with Crippen molar-refractivity contribution in [2.24, 2.45) is 7.05 Å². The maximum Gasteiger partial charge on any atom is 0.271 e. The number of aromatic amines is 1. The van der Waals surface area contributed by atoms with E-state index < -0.39 is 11.6 Å². The normalized spacial score (nSPS) is 11.0. The predicted octanol–water partition coefficient (Wildman–Crippen LogP) is 2.98. The van der Waals surface area contributed by atoms with Gasteiger partial charge in [-0.05, 0) is 26.0 Å². The van der Waals surface area contributed by atoms with Gasteiger partial charge in [0.1, 0.15) is 17.3 Å². The number of aromatic nitrogens is 4. The second-order valence-electron chi connectivity index (χ2n) is 6.23. The summed E-state index contributed by atoms with van der Waals surface area (Å²) in [5.41, 5.74) is 3.77. The lowest BCUT2D eigenvalue weighted by Gasteiger charge is -2.16. The molecule has 0 saturated carbocycles. The van der Waals surface area contributed by atoms with Crippen LogP contribution in [0, 0.1) is 25.5 Å². The molecule has 1 aromatic carbocycles. The van der Waals surface area contributed by atoms with Crippen LogP contribution in [0.4, 0.5) is 8.78 Å². The SMILES string of the molecule is Cc1nn(C)c(C)c1-c1cc(C(=O)N(C)Cc2ccc(F)cc2F)[nH]n1. The Bertz CT molecular complexity index is 976. The molecule has 0 spiro atoms. The second kappa shape index (κ2) is 6.70. The van der Waals surface area contributed by atoms with E-state index in [0.717, 1.165) is 23.0 Å². The van der Waals surface area contributed by atoms with Gasteiger partial charge in [0.25, 0.3) is 5.91 Å². The highest BCUT2D eigenvalue weighted by Gasteiger charge is 2.20. The Morgan fingerprint density at radius 2 is 2.00 bits per heavy atom. The lowest BCUT2D eigenvalue weighted by molar-refractivity contribution is 0.0778. The first-order chi connectivity index (χ1) is 12.3. The third-order valence-electron chi connectivity index (χ3n) is 4.34. The number of rotatable bonds is 4. The zero-order valence-electron chi connectivity index (χ0n) is 15.0. The molecule has 0 atom stereocenters. The van der Waals surface area contributed by atoms with Gasteiger partial charge in [-0.1, -0.05) is 6.07 Å². The first-order valence-electron chi connectivity index (χ1n) is 8.03. The number of hydrogen-bond donors (Lipinski definition) is 1. The van der Waals surface area contributed by atoms with Crippen molar-refractivity contribution in [1.82, 2.24) is 24.9 Å². The molecule has 3 aromatic rings. The quantitative estimate of drug-likeness (QED) is 0.779. The maximum atomic E-state index is 13.8. The molecule has 0 fully saturated rings. The molecule has 0 radical (unpaired) electrons. The Hall–Kier alpha value is -3.03. The van der Waals surface area contributed by atoms with Crippen LogP contribution >= 0.6 is 0 Å². The summed E-state index contributed by atoms with van der Waals surface area (Å²) in [7, 11) is 3.39. The molecule has 26 heavy (non-hydrogen) atoms. The van der Waals surface area contributed by atoms with Crippen molar-refractivity contribution in [1.29, 1.82) is 0 Å². The van der Waals surface area contributed by atoms with E-state index in [1.807, 2.05) is 20.9 Å². The molecule has 136 valence electrons. The smallest absolute Gasteiger partial charge is 0.271 e. The van der Waals surface area contributed by atoms with E-state index in [1.54, 1.807) is 17.8 Å². The molecule has 2 heterocycles. The minimum Gasteiger partial charge on any atom is -0.336 e. The monoisotopic (exact) mass is 359 g/mol. The van der Waals surface area contributed by atoms with Crippen molar-refractivity contribution in [3.63, 3.8) is 0 Å². The minimum absolute atomic E-state index is 0.0181. The van der Waals surface area contributed by atoms with Crippen LogP contribution in [0.15, 0.2) is 24.3 Å². The largest absolute Gasteiger partial charge is 0.336 e. The van der Waals surface area contributed by atoms with Crippen LogP contribution in [-0.4, -0.2) is 37.8 Å². The molecular formula is C18H19F2N5O. The van der Waals surface area contributed by atoms with Crippen molar-refractivity contribution >= 4 is 5.91 Å². The molecule has 6 nitrogen and oxygen atoms in total. The number of nitrogens with one attached hydrogen (secondary N) is 1. The van der Waals surface area contributed by atoms with E-state index in [0.29, 0.717) is 5.69 Å². The molecule has 0 aliphatic carbocycles. The maximum absolute atomic E-state index is 13.8. The van der Waals surface area contributed by atoms with E-state index in [1.165, 1.54) is 17.0 Å². The van der Waals surface area contributed by atoms with Gasteiger partial charge in [0.2, 0.25) is 0 Å². The third kappa shape index (κ3) is 3.22. The summed E-state index contributed by atoms with van der Waals surface area (Å²) in [4.78, 5) is 13.9. The van der Waals surface area contributed by atoms with Gasteiger partial charge >= 0.3 is 0 Å². The number of carbonyl (C=O) groups is 1. The Morgan fingerprint density at radius 3 is 2.62 bits per heavy atom. The van der Waals surface area contributed by atoms with E-state index in [9.17, 15) is 13.6 Å². The van der Waals surface area contributed by atoms with Crippen LogP contribution in [-0.2, 0) is 13.6 Å². The van der Waals surface area contributed by atoms with Crippen LogP contribution in [0.5, 0.6) is 0 Å². The fraction of sp³-hybridized carbons (Fsp3) is 0.278. The topological polar surface area (TPSA) is 66.8 Å².